The van der Waals surface area contributed by atoms with Crippen LogP contribution in [0.4, 0.5) is 13.2 Å². The topological polar surface area (TPSA) is 62.0 Å². The normalized spacial score (nSPS) is 13.0. The predicted molar refractivity (Wildman–Crippen MR) is 80.1 cm³/mol. The highest BCUT2D eigenvalue weighted by Gasteiger charge is 2.38. The van der Waals surface area contributed by atoms with Gasteiger partial charge in [-0.3, -0.25) is 0 Å². The monoisotopic (exact) mass is 351 g/mol. The summed E-state index contributed by atoms with van der Waals surface area (Å²) in [5.41, 5.74) is 1.16. The first-order chi connectivity index (χ1) is 11.4. The highest BCUT2D eigenvalue weighted by Crippen LogP contribution is 2.30. The summed E-state index contributed by atoms with van der Waals surface area (Å²) in [5, 5.41) is 3.32. The van der Waals surface area contributed by atoms with Crippen LogP contribution in [0.25, 0.3) is 11.4 Å². The molecule has 0 amide bonds. The molecule has 0 saturated heterocycles. The Morgan fingerprint density at radius 1 is 1.17 bits per heavy atom. The second-order valence-electron chi connectivity index (χ2n) is 4.84. The first-order valence-corrected chi connectivity index (χ1v) is 8.11. The first-order valence-electron chi connectivity index (χ1n) is 6.79. The van der Waals surface area contributed by atoms with E-state index < -0.39 is 23.2 Å². The summed E-state index contributed by atoms with van der Waals surface area (Å²) in [6.07, 6.45) is -4.70. The van der Waals surface area contributed by atoms with Gasteiger partial charge in [0.25, 0.3) is 0 Å². The molecule has 1 radical (unpaired) electrons. The van der Waals surface area contributed by atoms with Crippen LogP contribution < -0.4 is 0 Å². The Labute approximate surface area is 138 Å². The molecule has 0 aliphatic carbocycles. The summed E-state index contributed by atoms with van der Waals surface area (Å²) in [4.78, 5) is 3.68. The van der Waals surface area contributed by atoms with Gasteiger partial charge in [-0.2, -0.15) is 18.2 Å². The molecule has 3 aromatic rings. The fourth-order valence-corrected chi connectivity index (χ4v) is 3.08. The van der Waals surface area contributed by atoms with Gasteiger partial charge < -0.3 is 9.08 Å². The number of rotatable bonds is 4. The van der Waals surface area contributed by atoms with E-state index in [4.69, 9.17) is 0 Å². The number of nitrogens with zero attached hydrogens (tertiary/aromatic N) is 2. The number of hydrogen-bond acceptors (Lipinski definition) is 4. The van der Waals surface area contributed by atoms with E-state index in [0.29, 0.717) is 4.90 Å². The molecule has 0 aliphatic heterocycles. The Morgan fingerprint density at radius 3 is 2.58 bits per heavy atom. The van der Waals surface area contributed by atoms with E-state index in [1.54, 1.807) is 0 Å². The van der Waals surface area contributed by atoms with Gasteiger partial charge in [0.05, 0.1) is 0 Å². The Kier molecular flexibility index (Phi) is 4.59. The first kappa shape index (κ1) is 16.5. The van der Waals surface area contributed by atoms with Crippen molar-refractivity contribution in [2.24, 2.45) is 0 Å². The highest BCUT2D eigenvalue weighted by molar-refractivity contribution is 7.90. The lowest BCUT2D eigenvalue weighted by Crippen LogP contribution is -2.06. The van der Waals surface area contributed by atoms with Crippen LogP contribution in [0.2, 0.25) is 0 Å². The molecule has 8 heteroatoms. The molecule has 0 N–H and O–H groups in total. The van der Waals surface area contributed by atoms with Crippen molar-refractivity contribution >= 4 is 11.2 Å². The zero-order valence-electron chi connectivity index (χ0n) is 12.1. The highest BCUT2D eigenvalue weighted by atomic mass is 32.2. The maximum absolute atomic E-state index is 12.5. The number of aromatic nitrogens is 2. The standard InChI is InChI=1S/C16H10F3N2O2S/c17-16(18,19)15-20-14(21-23-15)12-7-4-8-13(9-12)24(22)10-11-5-2-1-3-6-11/h1-7,9H,10H2. The van der Waals surface area contributed by atoms with Crippen molar-refractivity contribution in [1.82, 2.24) is 10.1 Å². The molecule has 0 bridgehead atoms. The molecule has 0 aliphatic rings. The average Bonchev–Trinajstić information content (AvgIpc) is 3.06. The van der Waals surface area contributed by atoms with Gasteiger partial charge in [-0.05, 0) is 17.2 Å². The van der Waals surface area contributed by atoms with E-state index in [9.17, 15) is 17.7 Å². The lowest BCUT2D eigenvalue weighted by molar-refractivity contribution is -0.159. The molecular formula is C16H10F3N2O2S. The Morgan fingerprint density at radius 2 is 1.92 bits per heavy atom. The van der Waals surface area contributed by atoms with Crippen molar-refractivity contribution in [3.8, 4) is 11.4 Å². The van der Waals surface area contributed by atoms with Crippen LogP contribution in [0.5, 0.6) is 0 Å². The fraction of sp³-hybridized carbons (Fsp3) is 0.125. The minimum absolute atomic E-state index is 0.214. The number of hydrogen-bond donors (Lipinski definition) is 0. The van der Waals surface area contributed by atoms with E-state index >= 15 is 0 Å². The molecule has 0 spiro atoms. The number of benzene rings is 2. The number of alkyl halides is 3. The van der Waals surface area contributed by atoms with Gasteiger partial charge in [0.2, 0.25) is 5.82 Å². The predicted octanol–water partition coefficient (Wildman–Crippen LogP) is 3.86. The van der Waals surface area contributed by atoms with Crippen molar-refractivity contribution in [3.05, 3.63) is 66.1 Å². The summed E-state index contributed by atoms with van der Waals surface area (Å²) >= 11 is -1.39. The second-order valence-corrected chi connectivity index (χ2v) is 6.26. The molecule has 2 aromatic carbocycles. The Balaban J connectivity index is 1.82. The van der Waals surface area contributed by atoms with Gasteiger partial charge in [0, 0.05) is 23.3 Å². The molecule has 1 atom stereocenters. The van der Waals surface area contributed by atoms with Crippen molar-refractivity contribution in [1.29, 1.82) is 0 Å². The van der Waals surface area contributed by atoms with Gasteiger partial charge in [-0.15, -0.1) is 0 Å². The van der Waals surface area contributed by atoms with Crippen molar-refractivity contribution in [2.45, 2.75) is 16.8 Å². The molecule has 1 aromatic heterocycles. The van der Waals surface area contributed by atoms with Gasteiger partial charge in [-0.1, -0.05) is 41.6 Å². The van der Waals surface area contributed by atoms with Gasteiger partial charge in [-0.25, -0.2) is 0 Å². The van der Waals surface area contributed by atoms with Crippen LogP contribution in [0.15, 0.2) is 57.9 Å². The maximum Gasteiger partial charge on any atom is 0.471 e. The Hall–Kier alpha value is -2.32. The Bertz CT molecular complexity index is 821. The van der Waals surface area contributed by atoms with E-state index in [1.807, 2.05) is 30.3 Å². The molecular weight excluding hydrogens is 341 g/mol. The molecule has 123 valence electrons. The van der Waals surface area contributed by atoms with E-state index in [2.05, 4.69) is 20.7 Å². The molecule has 24 heavy (non-hydrogen) atoms. The lowest BCUT2D eigenvalue weighted by atomic mass is 10.2. The zero-order chi connectivity index (χ0) is 17.2. The van der Waals surface area contributed by atoms with Crippen molar-refractivity contribution in [2.75, 3.05) is 0 Å². The van der Waals surface area contributed by atoms with Crippen molar-refractivity contribution < 1.29 is 22.2 Å². The fourth-order valence-electron chi connectivity index (χ4n) is 1.97. The summed E-state index contributed by atoms with van der Waals surface area (Å²) in [6, 6.07) is 16.4. The summed E-state index contributed by atoms with van der Waals surface area (Å²) < 4.78 is 54.2. The zero-order valence-corrected chi connectivity index (χ0v) is 12.9. The lowest BCUT2D eigenvalue weighted by Gasteiger charge is -2.10. The van der Waals surface area contributed by atoms with Crippen molar-refractivity contribution in [3.63, 3.8) is 0 Å². The minimum Gasteiger partial charge on any atom is -0.611 e. The van der Waals surface area contributed by atoms with Crippen LogP contribution in [-0.2, 0) is 23.1 Å². The van der Waals surface area contributed by atoms with E-state index in [0.717, 1.165) is 5.56 Å². The third-order valence-corrected chi connectivity index (χ3v) is 4.41. The maximum atomic E-state index is 12.5. The van der Waals surface area contributed by atoms with E-state index in [1.165, 1.54) is 18.2 Å². The third kappa shape index (κ3) is 3.77. The van der Waals surface area contributed by atoms with Crippen LogP contribution in [0.1, 0.15) is 11.5 Å². The largest absolute Gasteiger partial charge is 0.611 e. The molecule has 4 nitrogen and oxygen atoms in total. The minimum atomic E-state index is -4.70. The summed E-state index contributed by atoms with van der Waals surface area (Å²) in [6.45, 7) is 0. The van der Waals surface area contributed by atoms with Gasteiger partial charge in [0.1, 0.15) is 5.75 Å². The van der Waals surface area contributed by atoms with Crippen LogP contribution in [0.3, 0.4) is 0 Å². The molecule has 0 saturated carbocycles. The molecule has 3 rings (SSSR count). The summed E-state index contributed by atoms with van der Waals surface area (Å²) in [5.74, 6) is -1.35. The second kappa shape index (κ2) is 6.66. The van der Waals surface area contributed by atoms with Crippen LogP contribution in [-0.4, -0.2) is 14.7 Å². The third-order valence-electron chi connectivity index (χ3n) is 3.09. The SMILES string of the molecule is [O-][S+](Cc1ccccc1)c1[c]ccc(-c2noc(C(F)(F)F)n2)c1. The van der Waals surface area contributed by atoms with Gasteiger partial charge in [0.15, 0.2) is 4.90 Å². The molecule has 1 heterocycles. The van der Waals surface area contributed by atoms with Crippen LogP contribution >= 0.6 is 0 Å². The molecule has 1 unspecified atom stereocenters. The average molecular weight is 351 g/mol. The van der Waals surface area contributed by atoms with E-state index in [-0.39, 0.29) is 17.1 Å². The quantitative estimate of drug-likeness (QED) is 0.670. The van der Waals surface area contributed by atoms with Crippen LogP contribution in [0, 0.1) is 6.07 Å². The summed E-state index contributed by atoms with van der Waals surface area (Å²) in [7, 11) is 0. The smallest absolute Gasteiger partial charge is 0.471 e. The molecule has 0 fully saturated rings. The number of halogens is 3. The van der Waals surface area contributed by atoms with Gasteiger partial charge >= 0.3 is 12.1 Å².